The zero-order valence-electron chi connectivity index (χ0n) is 13.9. The Morgan fingerprint density at radius 2 is 1.67 bits per heavy atom. The lowest BCUT2D eigenvalue weighted by Crippen LogP contribution is -2.41. The van der Waals surface area contributed by atoms with Crippen molar-refractivity contribution in [1.29, 1.82) is 0 Å². The van der Waals surface area contributed by atoms with Crippen molar-refractivity contribution < 1.29 is 18.8 Å². The number of nitrogens with two attached hydrogens (primary N) is 1. The molecule has 0 spiro atoms. The van der Waals surface area contributed by atoms with Gasteiger partial charge in [0.25, 0.3) is 0 Å². The summed E-state index contributed by atoms with van der Waals surface area (Å²) in [6.07, 6.45) is 1.95. The summed E-state index contributed by atoms with van der Waals surface area (Å²) < 4.78 is 16.8. The van der Waals surface area contributed by atoms with Crippen molar-refractivity contribution in [3.05, 3.63) is 11.7 Å². The molecule has 6 nitrogen and oxygen atoms in total. The predicted octanol–water partition coefficient (Wildman–Crippen LogP) is 2.47. The second-order valence-electron chi connectivity index (χ2n) is 6.99. The van der Waals surface area contributed by atoms with E-state index in [2.05, 4.69) is 4.99 Å². The van der Waals surface area contributed by atoms with E-state index in [0.717, 1.165) is 0 Å². The minimum Gasteiger partial charge on any atom is -0.442 e. The summed E-state index contributed by atoms with van der Waals surface area (Å²) in [4.78, 5) is 15.3. The zero-order chi connectivity index (χ0) is 16.5. The van der Waals surface area contributed by atoms with Gasteiger partial charge in [-0.25, -0.2) is 4.79 Å². The summed E-state index contributed by atoms with van der Waals surface area (Å²) in [5.41, 5.74) is 4.50. The number of amides is 1. The molecule has 2 N–H and O–H groups in total. The Labute approximate surface area is 126 Å². The van der Waals surface area contributed by atoms with Crippen LogP contribution in [-0.4, -0.2) is 36.2 Å². The first kappa shape index (κ1) is 17.7. The molecule has 1 fully saturated rings. The molecule has 7 heteroatoms. The van der Waals surface area contributed by atoms with Gasteiger partial charge in [-0.1, -0.05) is 0 Å². The van der Waals surface area contributed by atoms with Crippen molar-refractivity contribution in [3.8, 4) is 0 Å². The highest BCUT2D eigenvalue weighted by Crippen LogP contribution is 2.38. The van der Waals surface area contributed by atoms with Gasteiger partial charge in [0.15, 0.2) is 0 Å². The summed E-state index contributed by atoms with van der Waals surface area (Å²) in [5.74, 6) is 0. The maximum absolute atomic E-state index is 11.6. The average molecular weight is 296 g/mol. The van der Waals surface area contributed by atoms with Crippen molar-refractivity contribution in [3.63, 3.8) is 0 Å². The van der Waals surface area contributed by atoms with Crippen LogP contribution in [0.4, 0.5) is 4.79 Å². The molecule has 0 saturated carbocycles. The number of hydrogen-bond acceptors (Lipinski definition) is 5. The van der Waals surface area contributed by atoms with Crippen LogP contribution in [0.1, 0.15) is 48.5 Å². The van der Waals surface area contributed by atoms with Gasteiger partial charge in [0.1, 0.15) is 5.60 Å². The Balaban J connectivity index is 2.77. The van der Waals surface area contributed by atoms with E-state index < -0.39 is 30.0 Å². The Bertz CT molecular complexity index is 448. The van der Waals surface area contributed by atoms with Gasteiger partial charge in [-0.05, 0) is 54.7 Å². The molecule has 1 rings (SSSR count). The molecule has 0 aromatic heterocycles. The molecule has 1 saturated heterocycles. The molecule has 1 aliphatic rings. The van der Waals surface area contributed by atoms with E-state index in [1.165, 1.54) is 12.4 Å². The van der Waals surface area contributed by atoms with Gasteiger partial charge in [0, 0.05) is 11.7 Å². The van der Waals surface area contributed by atoms with E-state index >= 15 is 0 Å². The molecule has 0 aromatic carbocycles. The smallest absolute Gasteiger partial charge is 0.442 e. The molecular formula is C14H25BN2O4. The molecule has 1 heterocycles. The van der Waals surface area contributed by atoms with Crippen LogP contribution in [0.5, 0.6) is 0 Å². The van der Waals surface area contributed by atoms with Crippen LogP contribution >= 0.6 is 0 Å². The number of rotatable bonds is 2. The van der Waals surface area contributed by atoms with Crippen molar-refractivity contribution in [2.75, 3.05) is 0 Å². The number of aliphatic imine (C=N–C) groups is 1. The number of carbonyl (C=O) groups excluding carboxylic acids is 1. The van der Waals surface area contributed by atoms with Gasteiger partial charge in [0.05, 0.1) is 11.2 Å². The van der Waals surface area contributed by atoms with Crippen molar-refractivity contribution >= 4 is 19.4 Å². The summed E-state index contributed by atoms with van der Waals surface area (Å²) in [5, 5.41) is 0. The second-order valence-corrected chi connectivity index (χ2v) is 6.99. The fourth-order valence-corrected chi connectivity index (χ4v) is 1.58. The lowest BCUT2D eigenvalue weighted by molar-refractivity contribution is 0.00578. The molecule has 1 aliphatic heterocycles. The normalized spacial score (nSPS) is 21.9. The minimum atomic E-state index is -0.682. The van der Waals surface area contributed by atoms with Crippen LogP contribution < -0.4 is 5.73 Å². The van der Waals surface area contributed by atoms with E-state index in [1.54, 1.807) is 20.8 Å². The maximum Gasteiger partial charge on any atom is 0.497 e. The topological polar surface area (TPSA) is 83.1 Å². The van der Waals surface area contributed by atoms with E-state index in [0.29, 0.717) is 5.47 Å². The second kappa shape index (κ2) is 5.81. The Hall–Kier alpha value is -1.34. The Morgan fingerprint density at radius 1 is 1.19 bits per heavy atom. The van der Waals surface area contributed by atoms with Crippen LogP contribution in [0, 0.1) is 0 Å². The molecule has 0 radical (unpaired) electrons. The van der Waals surface area contributed by atoms with Crippen LogP contribution in [0.2, 0.25) is 0 Å². The molecule has 0 aliphatic carbocycles. The van der Waals surface area contributed by atoms with Gasteiger partial charge < -0.3 is 19.8 Å². The summed E-state index contributed by atoms with van der Waals surface area (Å²) in [7, 11) is -0.661. The maximum atomic E-state index is 11.6. The quantitative estimate of drug-likeness (QED) is 0.625. The molecule has 0 atom stereocenters. The van der Waals surface area contributed by atoms with Gasteiger partial charge in [0.2, 0.25) is 0 Å². The lowest BCUT2D eigenvalue weighted by Gasteiger charge is -2.32. The number of hydrogen-bond donors (Lipinski definition) is 1. The third-order valence-corrected chi connectivity index (χ3v) is 3.43. The highest BCUT2D eigenvalue weighted by molar-refractivity contribution is 6.60. The summed E-state index contributed by atoms with van der Waals surface area (Å²) in [6.45, 7) is 13.1. The number of ether oxygens (including phenoxy) is 1. The van der Waals surface area contributed by atoms with E-state index in [-0.39, 0.29) is 0 Å². The Kier molecular flexibility index (Phi) is 4.90. The lowest BCUT2D eigenvalue weighted by atomic mass is 9.79. The molecule has 0 unspecified atom stereocenters. The monoisotopic (exact) mass is 296 g/mol. The van der Waals surface area contributed by atoms with Crippen LogP contribution in [0.15, 0.2) is 16.7 Å². The molecular weight excluding hydrogens is 271 g/mol. The van der Waals surface area contributed by atoms with Gasteiger partial charge in [-0.2, -0.15) is 4.99 Å². The molecule has 21 heavy (non-hydrogen) atoms. The fourth-order valence-electron chi connectivity index (χ4n) is 1.58. The molecule has 118 valence electrons. The van der Waals surface area contributed by atoms with Gasteiger partial charge in [-0.3, -0.25) is 0 Å². The zero-order valence-corrected chi connectivity index (χ0v) is 13.9. The minimum absolute atomic E-state index is 0.472. The summed E-state index contributed by atoms with van der Waals surface area (Å²) >= 11 is 0. The highest BCUT2D eigenvalue weighted by atomic mass is 16.7. The first-order valence-electron chi connectivity index (χ1n) is 6.92. The van der Waals surface area contributed by atoms with E-state index in [1.807, 2.05) is 27.7 Å². The fraction of sp³-hybridized carbons (Fsp3) is 0.714. The number of carbonyl (C=O) groups is 1. The van der Waals surface area contributed by atoms with Crippen molar-refractivity contribution in [1.82, 2.24) is 0 Å². The first-order chi connectivity index (χ1) is 9.38. The number of nitrogens with zero attached hydrogens (tertiary/aromatic N) is 1. The standard InChI is InChI=1S/C14H25BN2O4/c1-12(2,3)19-11(18)17-9-10(8-16)15-20-13(4,5)14(6,7)21-15/h8-9H,16H2,1-7H3. The summed E-state index contributed by atoms with van der Waals surface area (Å²) in [6, 6.07) is 0. The van der Waals surface area contributed by atoms with Crippen molar-refractivity contribution in [2.24, 2.45) is 10.7 Å². The van der Waals surface area contributed by atoms with E-state index in [9.17, 15) is 4.79 Å². The predicted molar refractivity (Wildman–Crippen MR) is 83.1 cm³/mol. The number of allylic oxidation sites excluding steroid dienone is 1. The Morgan fingerprint density at radius 3 is 2.05 bits per heavy atom. The van der Waals surface area contributed by atoms with Crippen LogP contribution in [0.3, 0.4) is 0 Å². The van der Waals surface area contributed by atoms with Crippen molar-refractivity contribution in [2.45, 2.75) is 65.3 Å². The molecule has 1 amide bonds. The van der Waals surface area contributed by atoms with Gasteiger partial charge in [-0.15, -0.1) is 0 Å². The van der Waals surface area contributed by atoms with Crippen LogP contribution in [-0.2, 0) is 14.0 Å². The average Bonchev–Trinajstić information content (AvgIpc) is 2.46. The third kappa shape index (κ3) is 4.57. The SMILES string of the molecule is CC(C)(C)OC(=O)N=CC(=CN)B1OC(C)(C)C(C)(C)O1. The van der Waals surface area contributed by atoms with Crippen LogP contribution in [0.25, 0.3) is 0 Å². The first-order valence-corrected chi connectivity index (χ1v) is 6.92. The largest absolute Gasteiger partial charge is 0.497 e. The highest BCUT2D eigenvalue weighted by Gasteiger charge is 2.52. The van der Waals surface area contributed by atoms with Gasteiger partial charge >= 0.3 is 13.2 Å². The third-order valence-electron chi connectivity index (χ3n) is 3.43. The molecule has 0 bridgehead atoms. The molecule has 0 aromatic rings. The van der Waals surface area contributed by atoms with E-state index in [4.69, 9.17) is 19.8 Å².